The quantitative estimate of drug-likeness (QED) is 0.824. The number of hydrogen-bond donors (Lipinski definition) is 1. The van der Waals surface area contributed by atoms with Crippen LogP contribution in [0.15, 0.2) is 29.2 Å². The minimum Gasteiger partial charge on any atom is -0.307 e. The van der Waals surface area contributed by atoms with E-state index in [1.54, 1.807) is 0 Å². The third-order valence-electron chi connectivity index (χ3n) is 3.80. The molecule has 0 unspecified atom stereocenters. The van der Waals surface area contributed by atoms with Gasteiger partial charge in [0.25, 0.3) is 0 Å². The highest BCUT2D eigenvalue weighted by molar-refractivity contribution is 7.10. The van der Waals surface area contributed by atoms with E-state index >= 15 is 0 Å². The van der Waals surface area contributed by atoms with Gasteiger partial charge in [0, 0.05) is 23.5 Å². The number of rotatable bonds is 5. The van der Waals surface area contributed by atoms with E-state index in [0.717, 1.165) is 6.54 Å². The van der Waals surface area contributed by atoms with Crippen LogP contribution in [-0.4, -0.2) is 30.6 Å². The zero-order valence-electron chi connectivity index (χ0n) is 12.4. The Balaban J connectivity index is 1.73. The van der Waals surface area contributed by atoms with E-state index in [9.17, 15) is 0 Å². The SMILES string of the molecule is CC(C)=CCN1CCC(N[C@@H](C)c2cccs2)CC1. The Kier molecular flexibility index (Phi) is 5.61. The minimum atomic E-state index is 0.495. The standard InChI is InChI=1S/C16H26N2S/c1-13(2)6-9-18-10-7-15(8-11-18)17-14(3)16-5-4-12-19-16/h4-6,12,14-15,17H,7-11H2,1-3H3/t14-/m0/s1. The minimum absolute atomic E-state index is 0.495. The maximum Gasteiger partial charge on any atom is 0.0388 e. The first-order valence-corrected chi connectivity index (χ1v) is 8.18. The summed E-state index contributed by atoms with van der Waals surface area (Å²) in [5.74, 6) is 0. The van der Waals surface area contributed by atoms with Crippen molar-refractivity contribution in [1.29, 1.82) is 0 Å². The molecule has 106 valence electrons. The first-order valence-electron chi connectivity index (χ1n) is 7.30. The first kappa shape index (κ1) is 14.8. The normalized spacial score (nSPS) is 19.3. The number of piperidine rings is 1. The maximum atomic E-state index is 3.77. The lowest BCUT2D eigenvalue weighted by molar-refractivity contribution is 0.208. The number of nitrogens with one attached hydrogen (secondary N) is 1. The van der Waals surface area contributed by atoms with Crippen LogP contribution in [0.5, 0.6) is 0 Å². The summed E-state index contributed by atoms with van der Waals surface area (Å²) < 4.78 is 0. The van der Waals surface area contributed by atoms with E-state index in [2.05, 4.69) is 54.6 Å². The zero-order chi connectivity index (χ0) is 13.7. The lowest BCUT2D eigenvalue weighted by Gasteiger charge is -2.33. The van der Waals surface area contributed by atoms with Crippen LogP contribution >= 0.6 is 11.3 Å². The summed E-state index contributed by atoms with van der Waals surface area (Å²) in [6.45, 7) is 10.2. The summed E-state index contributed by atoms with van der Waals surface area (Å²) >= 11 is 1.85. The van der Waals surface area contributed by atoms with Gasteiger partial charge in [-0.15, -0.1) is 11.3 Å². The van der Waals surface area contributed by atoms with Crippen LogP contribution in [0.1, 0.15) is 44.5 Å². The van der Waals surface area contributed by atoms with Gasteiger partial charge in [-0.2, -0.15) is 0 Å². The number of likely N-dealkylation sites (tertiary alicyclic amines) is 1. The fraction of sp³-hybridized carbons (Fsp3) is 0.625. The van der Waals surface area contributed by atoms with Crippen LogP contribution in [0.3, 0.4) is 0 Å². The van der Waals surface area contributed by atoms with Crippen molar-refractivity contribution in [1.82, 2.24) is 10.2 Å². The summed E-state index contributed by atoms with van der Waals surface area (Å²) in [6, 6.07) is 5.54. The molecule has 1 N–H and O–H groups in total. The van der Waals surface area contributed by atoms with Gasteiger partial charge in [0.1, 0.15) is 0 Å². The van der Waals surface area contributed by atoms with E-state index in [0.29, 0.717) is 12.1 Å². The van der Waals surface area contributed by atoms with Gasteiger partial charge in [0.15, 0.2) is 0 Å². The number of nitrogens with zero attached hydrogens (tertiary/aromatic N) is 1. The van der Waals surface area contributed by atoms with Crippen LogP contribution in [0.25, 0.3) is 0 Å². The molecule has 2 heterocycles. The third-order valence-corrected chi connectivity index (χ3v) is 4.86. The molecule has 1 fully saturated rings. The Morgan fingerprint density at radius 1 is 1.47 bits per heavy atom. The van der Waals surface area contributed by atoms with Crippen LogP contribution in [0, 0.1) is 0 Å². The summed E-state index contributed by atoms with van der Waals surface area (Å²) in [4.78, 5) is 4.01. The Morgan fingerprint density at radius 3 is 2.79 bits per heavy atom. The molecule has 2 rings (SSSR count). The third kappa shape index (κ3) is 4.75. The number of hydrogen-bond acceptors (Lipinski definition) is 3. The molecule has 1 aromatic rings. The predicted octanol–water partition coefficient (Wildman–Crippen LogP) is 3.83. The van der Waals surface area contributed by atoms with Crippen LogP contribution in [0.4, 0.5) is 0 Å². The van der Waals surface area contributed by atoms with Crippen LogP contribution in [0.2, 0.25) is 0 Å². The van der Waals surface area contributed by atoms with E-state index in [1.807, 2.05) is 11.3 Å². The predicted molar refractivity (Wildman–Crippen MR) is 84.8 cm³/mol. The average Bonchev–Trinajstić information content (AvgIpc) is 2.92. The second kappa shape index (κ2) is 7.22. The molecule has 0 aliphatic carbocycles. The Morgan fingerprint density at radius 2 is 2.21 bits per heavy atom. The zero-order valence-corrected chi connectivity index (χ0v) is 13.2. The van der Waals surface area contributed by atoms with Crippen LogP contribution < -0.4 is 5.32 Å². The van der Waals surface area contributed by atoms with Gasteiger partial charge in [-0.25, -0.2) is 0 Å². The van der Waals surface area contributed by atoms with Crippen molar-refractivity contribution >= 4 is 11.3 Å². The van der Waals surface area contributed by atoms with E-state index in [4.69, 9.17) is 0 Å². The van der Waals surface area contributed by atoms with E-state index in [1.165, 1.54) is 36.4 Å². The topological polar surface area (TPSA) is 15.3 Å². The van der Waals surface area contributed by atoms with Gasteiger partial charge >= 0.3 is 0 Å². The van der Waals surface area contributed by atoms with E-state index in [-0.39, 0.29) is 0 Å². The molecule has 0 radical (unpaired) electrons. The Bertz CT molecular complexity index is 385. The van der Waals surface area contributed by atoms with Crippen molar-refractivity contribution in [3.63, 3.8) is 0 Å². The summed E-state index contributed by atoms with van der Waals surface area (Å²) in [7, 11) is 0. The van der Waals surface area contributed by atoms with Crippen molar-refractivity contribution < 1.29 is 0 Å². The first-order chi connectivity index (χ1) is 9.15. The van der Waals surface area contributed by atoms with Gasteiger partial charge < -0.3 is 5.32 Å². The smallest absolute Gasteiger partial charge is 0.0388 e. The number of thiophene rings is 1. The van der Waals surface area contributed by atoms with Crippen molar-refractivity contribution in [2.24, 2.45) is 0 Å². The van der Waals surface area contributed by atoms with Gasteiger partial charge in [0.05, 0.1) is 0 Å². The highest BCUT2D eigenvalue weighted by atomic mass is 32.1. The average molecular weight is 278 g/mol. The van der Waals surface area contributed by atoms with E-state index < -0.39 is 0 Å². The molecule has 1 saturated heterocycles. The molecule has 0 spiro atoms. The molecule has 2 nitrogen and oxygen atoms in total. The summed E-state index contributed by atoms with van der Waals surface area (Å²) in [6.07, 6.45) is 4.88. The molecule has 0 bridgehead atoms. The second-order valence-electron chi connectivity index (χ2n) is 5.76. The van der Waals surface area contributed by atoms with Gasteiger partial charge in [0.2, 0.25) is 0 Å². The summed E-state index contributed by atoms with van der Waals surface area (Å²) in [5.41, 5.74) is 1.42. The molecular weight excluding hydrogens is 252 g/mol. The molecule has 0 saturated carbocycles. The van der Waals surface area contributed by atoms with Crippen molar-refractivity contribution in [3.8, 4) is 0 Å². The largest absolute Gasteiger partial charge is 0.307 e. The van der Waals surface area contributed by atoms with Crippen molar-refractivity contribution in [3.05, 3.63) is 34.0 Å². The molecular formula is C16H26N2S. The molecule has 0 amide bonds. The molecule has 1 aliphatic heterocycles. The molecule has 3 heteroatoms. The van der Waals surface area contributed by atoms with Gasteiger partial charge in [-0.05, 0) is 58.1 Å². The Hall–Kier alpha value is -0.640. The summed E-state index contributed by atoms with van der Waals surface area (Å²) in [5, 5.41) is 5.94. The molecule has 0 aromatic carbocycles. The lowest BCUT2D eigenvalue weighted by Crippen LogP contribution is -2.43. The molecule has 1 atom stereocenters. The number of allylic oxidation sites excluding steroid dienone is 1. The fourth-order valence-corrected chi connectivity index (χ4v) is 3.31. The van der Waals surface area contributed by atoms with Gasteiger partial charge in [-0.3, -0.25) is 4.90 Å². The molecule has 1 aromatic heterocycles. The maximum absolute atomic E-state index is 3.77. The lowest BCUT2D eigenvalue weighted by atomic mass is 10.0. The van der Waals surface area contributed by atoms with Gasteiger partial charge in [-0.1, -0.05) is 17.7 Å². The van der Waals surface area contributed by atoms with Crippen LogP contribution in [-0.2, 0) is 0 Å². The fourth-order valence-electron chi connectivity index (χ4n) is 2.57. The highest BCUT2D eigenvalue weighted by Gasteiger charge is 2.20. The second-order valence-corrected chi connectivity index (χ2v) is 6.74. The molecule has 19 heavy (non-hydrogen) atoms. The molecule has 1 aliphatic rings. The van der Waals surface area contributed by atoms with Crippen molar-refractivity contribution in [2.75, 3.05) is 19.6 Å². The monoisotopic (exact) mass is 278 g/mol. The highest BCUT2D eigenvalue weighted by Crippen LogP contribution is 2.21. The van der Waals surface area contributed by atoms with Crippen molar-refractivity contribution in [2.45, 2.75) is 45.7 Å². The Labute approximate surface area is 121 Å².